The van der Waals surface area contributed by atoms with Gasteiger partial charge >= 0.3 is 0 Å². The summed E-state index contributed by atoms with van der Waals surface area (Å²) in [6.45, 7) is 1.32. The Kier molecular flexibility index (Phi) is 6.01. The maximum atomic E-state index is 13.3. The molecule has 0 unspecified atom stereocenters. The van der Waals surface area contributed by atoms with E-state index in [0.29, 0.717) is 5.75 Å². The van der Waals surface area contributed by atoms with Crippen LogP contribution in [0.5, 0.6) is 11.5 Å². The van der Waals surface area contributed by atoms with E-state index in [9.17, 15) is 14.3 Å². The largest absolute Gasteiger partial charge is 0.507 e. The summed E-state index contributed by atoms with van der Waals surface area (Å²) in [5.74, 6) is -0.523. The zero-order valence-electron chi connectivity index (χ0n) is 15.2. The van der Waals surface area contributed by atoms with Gasteiger partial charge in [0.25, 0.3) is 5.91 Å². The van der Waals surface area contributed by atoms with Crippen molar-refractivity contribution < 1.29 is 19.0 Å². The van der Waals surface area contributed by atoms with Crippen molar-refractivity contribution in [2.75, 3.05) is 6.61 Å². The lowest BCUT2D eigenvalue weighted by atomic mass is 10.1. The van der Waals surface area contributed by atoms with Crippen LogP contribution in [0, 0.1) is 5.82 Å². The number of benzene rings is 3. The van der Waals surface area contributed by atoms with Crippen molar-refractivity contribution in [3.63, 3.8) is 0 Å². The van der Waals surface area contributed by atoms with Gasteiger partial charge in [-0.15, -0.1) is 0 Å². The summed E-state index contributed by atoms with van der Waals surface area (Å²) in [6, 6.07) is 20.6. The smallest absolute Gasteiger partial charge is 0.277 e. The molecule has 3 rings (SSSR count). The number of amides is 1. The van der Waals surface area contributed by atoms with Crippen LogP contribution in [0.4, 0.5) is 4.39 Å². The van der Waals surface area contributed by atoms with Gasteiger partial charge < -0.3 is 9.84 Å². The number of nitrogens with zero attached hydrogens (tertiary/aromatic N) is 1. The normalized spacial score (nSPS) is 11.1. The topological polar surface area (TPSA) is 70.9 Å². The van der Waals surface area contributed by atoms with E-state index < -0.39 is 11.7 Å². The molecule has 6 heteroatoms. The maximum Gasteiger partial charge on any atom is 0.277 e. The highest BCUT2D eigenvalue weighted by Crippen LogP contribution is 2.29. The SMILES string of the molecule is C/C(=N\NC(=O)COc1ccccc1-c1ccccc1)c1cc(F)ccc1O. The molecule has 2 N–H and O–H groups in total. The van der Waals surface area contributed by atoms with Crippen molar-refractivity contribution in [3.8, 4) is 22.6 Å². The minimum Gasteiger partial charge on any atom is -0.507 e. The summed E-state index contributed by atoms with van der Waals surface area (Å²) in [5.41, 5.74) is 4.68. The summed E-state index contributed by atoms with van der Waals surface area (Å²) < 4.78 is 19.0. The number of hydrazone groups is 1. The summed E-state index contributed by atoms with van der Waals surface area (Å²) >= 11 is 0. The van der Waals surface area contributed by atoms with E-state index in [1.807, 2.05) is 48.5 Å². The second-order valence-electron chi connectivity index (χ2n) is 6.04. The zero-order valence-corrected chi connectivity index (χ0v) is 15.2. The molecule has 0 saturated heterocycles. The van der Waals surface area contributed by atoms with E-state index in [4.69, 9.17) is 4.74 Å². The fourth-order valence-electron chi connectivity index (χ4n) is 2.63. The molecule has 0 heterocycles. The number of nitrogens with one attached hydrogen (secondary N) is 1. The minimum atomic E-state index is -0.505. The average Bonchev–Trinajstić information content (AvgIpc) is 2.73. The van der Waals surface area contributed by atoms with Crippen molar-refractivity contribution in [2.45, 2.75) is 6.92 Å². The number of hydrogen-bond donors (Lipinski definition) is 2. The Morgan fingerprint density at radius 1 is 1.07 bits per heavy atom. The lowest BCUT2D eigenvalue weighted by Crippen LogP contribution is -2.25. The number of para-hydroxylation sites is 1. The molecule has 0 radical (unpaired) electrons. The summed E-state index contributed by atoms with van der Waals surface area (Å²) in [7, 11) is 0. The molecule has 142 valence electrons. The van der Waals surface area contributed by atoms with Crippen LogP contribution in [-0.2, 0) is 4.79 Å². The van der Waals surface area contributed by atoms with Gasteiger partial charge in [0.1, 0.15) is 17.3 Å². The Morgan fingerprint density at radius 3 is 2.57 bits per heavy atom. The Bertz CT molecular complexity index is 1000. The van der Waals surface area contributed by atoms with Crippen molar-refractivity contribution in [1.29, 1.82) is 0 Å². The number of carbonyl (C=O) groups is 1. The first kappa shape index (κ1) is 19.1. The third-order valence-electron chi connectivity index (χ3n) is 4.03. The van der Waals surface area contributed by atoms with Gasteiger partial charge in [0.05, 0.1) is 5.71 Å². The first-order chi connectivity index (χ1) is 13.5. The van der Waals surface area contributed by atoms with E-state index in [2.05, 4.69) is 10.5 Å². The van der Waals surface area contributed by atoms with Crippen molar-refractivity contribution in [1.82, 2.24) is 5.43 Å². The Labute approximate surface area is 162 Å². The van der Waals surface area contributed by atoms with Gasteiger partial charge in [-0.2, -0.15) is 5.10 Å². The van der Waals surface area contributed by atoms with Crippen LogP contribution in [-0.4, -0.2) is 23.3 Å². The van der Waals surface area contributed by atoms with Crippen molar-refractivity contribution in [2.24, 2.45) is 5.10 Å². The molecule has 0 fully saturated rings. The third kappa shape index (κ3) is 4.73. The van der Waals surface area contributed by atoms with Crippen LogP contribution < -0.4 is 10.2 Å². The summed E-state index contributed by atoms with van der Waals surface area (Å²) in [4.78, 5) is 12.1. The molecule has 0 saturated carbocycles. The van der Waals surface area contributed by atoms with E-state index in [1.165, 1.54) is 6.07 Å². The summed E-state index contributed by atoms with van der Waals surface area (Å²) in [5, 5.41) is 13.7. The fourth-order valence-corrected chi connectivity index (χ4v) is 2.63. The molecular formula is C22H19FN2O3. The van der Waals surface area contributed by atoms with Crippen LogP contribution in [0.15, 0.2) is 77.9 Å². The molecule has 0 aliphatic carbocycles. The Morgan fingerprint density at radius 2 is 1.79 bits per heavy atom. The number of carbonyl (C=O) groups excluding carboxylic acids is 1. The highest BCUT2D eigenvalue weighted by Gasteiger charge is 2.10. The van der Waals surface area contributed by atoms with Gasteiger partial charge in [-0.05, 0) is 36.8 Å². The number of rotatable bonds is 6. The fraction of sp³-hybridized carbons (Fsp3) is 0.0909. The number of halogens is 1. The average molecular weight is 378 g/mol. The third-order valence-corrected chi connectivity index (χ3v) is 4.03. The molecule has 0 aliphatic heterocycles. The molecule has 0 atom stereocenters. The minimum absolute atomic E-state index is 0.120. The molecule has 5 nitrogen and oxygen atoms in total. The van der Waals surface area contributed by atoms with Crippen LogP contribution in [0.1, 0.15) is 12.5 Å². The van der Waals surface area contributed by atoms with Gasteiger partial charge in [0, 0.05) is 11.1 Å². The van der Waals surface area contributed by atoms with Crippen LogP contribution in [0.2, 0.25) is 0 Å². The zero-order chi connectivity index (χ0) is 19.9. The second kappa shape index (κ2) is 8.81. The summed E-state index contributed by atoms with van der Waals surface area (Å²) in [6.07, 6.45) is 0. The molecule has 0 aliphatic rings. The molecule has 3 aromatic carbocycles. The van der Waals surface area contributed by atoms with Crippen LogP contribution >= 0.6 is 0 Å². The van der Waals surface area contributed by atoms with E-state index in [1.54, 1.807) is 13.0 Å². The van der Waals surface area contributed by atoms with Gasteiger partial charge in [0.15, 0.2) is 6.61 Å². The van der Waals surface area contributed by atoms with Gasteiger partial charge in [-0.1, -0.05) is 48.5 Å². The molecular weight excluding hydrogens is 359 g/mol. The molecule has 3 aromatic rings. The molecule has 1 amide bonds. The number of hydrogen-bond acceptors (Lipinski definition) is 4. The first-order valence-electron chi connectivity index (χ1n) is 8.64. The van der Waals surface area contributed by atoms with E-state index in [0.717, 1.165) is 23.3 Å². The molecule has 0 spiro atoms. The van der Waals surface area contributed by atoms with E-state index >= 15 is 0 Å². The number of phenolic OH excluding ortho intramolecular Hbond substituents is 1. The molecule has 0 aromatic heterocycles. The maximum absolute atomic E-state index is 13.3. The van der Waals surface area contributed by atoms with Gasteiger partial charge in [-0.3, -0.25) is 4.79 Å². The van der Waals surface area contributed by atoms with E-state index in [-0.39, 0.29) is 23.6 Å². The lowest BCUT2D eigenvalue weighted by Gasteiger charge is -2.11. The quantitative estimate of drug-likeness (QED) is 0.501. The number of phenols is 1. The molecule has 0 bridgehead atoms. The Balaban J connectivity index is 1.65. The van der Waals surface area contributed by atoms with Gasteiger partial charge in [0.2, 0.25) is 0 Å². The first-order valence-corrected chi connectivity index (χ1v) is 8.64. The van der Waals surface area contributed by atoms with Crippen molar-refractivity contribution >= 4 is 11.6 Å². The molecule has 28 heavy (non-hydrogen) atoms. The van der Waals surface area contributed by atoms with Gasteiger partial charge in [-0.25, -0.2) is 9.82 Å². The van der Waals surface area contributed by atoms with Crippen LogP contribution in [0.25, 0.3) is 11.1 Å². The Hall–Kier alpha value is -3.67. The standard InChI is InChI=1S/C22H19FN2O3/c1-15(19-13-17(23)11-12-20(19)26)24-25-22(27)14-28-21-10-6-5-9-18(21)16-7-3-2-4-8-16/h2-13,26H,14H2,1H3,(H,25,27)/b24-15+. The highest BCUT2D eigenvalue weighted by molar-refractivity contribution is 6.01. The lowest BCUT2D eigenvalue weighted by molar-refractivity contribution is -0.123. The van der Waals surface area contributed by atoms with Crippen LogP contribution in [0.3, 0.4) is 0 Å². The van der Waals surface area contributed by atoms with Crippen molar-refractivity contribution in [3.05, 3.63) is 84.2 Å². The monoisotopic (exact) mass is 378 g/mol. The number of ether oxygens (including phenoxy) is 1. The highest BCUT2D eigenvalue weighted by atomic mass is 19.1. The second-order valence-corrected chi connectivity index (χ2v) is 6.04. The predicted molar refractivity (Wildman–Crippen MR) is 106 cm³/mol. The predicted octanol–water partition coefficient (Wildman–Crippen LogP) is 4.12. The number of aromatic hydroxyl groups is 1.